The molecule has 1 aromatic heterocycles. The number of nitrogens with one attached hydrogen (secondary N) is 1. The Balaban J connectivity index is 2.46. The van der Waals surface area contributed by atoms with Crippen LogP contribution in [0, 0.1) is 5.92 Å². The highest BCUT2D eigenvalue weighted by Crippen LogP contribution is 2.14. The van der Waals surface area contributed by atoms with Crippen LogP contribution >= 0.6 is 0 Å². The van der Waals surface area contributed by atoms with Crippen molar-refractivity contribution in [1.82, 2.24) is 15.1 Å². The number of rotatable bonds is 5. The lowest BCUT2D eigenvalue weighted by Gasteiger charge is -2.13. The van der Waals surface area contributed by atoms with Crippen LogP contribution in [0.1, 0.15) is 50.6 Å². The van der Waals surface area contributed by atoms with Gasteiger partial charge in [-0.15, -0.1) is 0 Å². The highest BCUT2D eigenvalue weighted by Gasteiger charge is 2.17. The zero-order valence-corrected chi connectivity index (χ0v) is 13.6. The molecule has 0 bridgehead atoms. The predicted octanol–water partition coefficient (Wildman–Crippen LogP) is 2.75. The molecule has 1 amide bonds. The van der Waals surface area contributed by atoms with Gasteiger partial charge in [0.25, 0.3) is 11.5 Å². The Morgan fingerprint density at radius 1 is 1.18 bits per heavy atom. The van der Waals surface area contributed by atoms with Crippen LogP contribution < -0.4 is 10.9 Å². The van der Waals surface area contributed by atoms with Crippen molar-refractivity contribution >= 4 is 16.7 Å². The first kappa shape index (κ1) is 16.2. The van der Waals surface area contributed by atoms with Crippen molar-refractivity contribution in [3.63, 3.8) is 0 Å². The fraction of sp³-hybridized carbons (Fsp3) is 0.471. The quantitative estimate of drug-likeness (QED) is 0.923. The van der Waals surface area contributed by atoms with Gasteiger partial charge >= 0.3 is 0 Å². The van der Waals surface area contributed by atoms with Crippen molar-refractivity contribution < 1.29 is 4.79 Å². The second kappa shape index (κ2) is 6.73. The van der Waals surface area contributed by atoms with E-state index in [4.69, 9.17) is 0 Å². The Kier molecular flexibility index (Phi) is 4.96. The van der Waals surface area contributed by atoms with Crippen molar-refractivity contribution in [2.75, 3.05) is 6.54 Å². The zero-order chi connectivity index (χ0) is 16.3. The molecule has 118 valence electrons. The smallest absolute Gasteiger partial charge is 0.274 e. The number of fused-ring (bicyclic) bond motifs is 1. The molecule has 0 saturated heterocycles. The number of hydrogen-bond acceptors (Lipinski definition) is 3. The second-order valence-electron chi connectivity index (χ2n) is 6.18. The van der Waals surface area contributed by atoms with Gasteiger partial charge in [-0.2, -0.15) is 5.10 Å². The van der Waals surface area contributed by atoms with E-state index in [0.29, 0.717) is 28.9 Å². The van der Waals surface area contributed by atoms with Crippen molar-refractivity contribution in [2.24, 2.45) is 5.92 Å². The predicted molar refractivity (Wildman–Crippen MR) is 88.2 cm³/mol. The second-order valence-corrected chi connectivity index (χ2v) is 6.18. The number of nitrogens with zero attached hydrogens (tertiary/aromatic N) is 2. The highest BCUT2D eigenvalue weighted by molar-refractivity contribution is 6.04. The molecule has 2 rings (SSSR count). The minimum Gasteiger partial charge on any atom is -0.351 e. The zero-order valence-electron chi connectivity index (χ0n) is 13.6. The van der Waals surface area contributed by atoms with E-state index in [1.807, 2.05) is 19.9 Å². The highest BCUT2D eigenvalue weighted by atomic mass is 16.2. The van der Waals surface area contributed by atoms with E-state index in [0.717, 1.165) is 6.42 Å². The summed E-state index contributed by atoms with van der Waals surface area (Å²) in [5, 5.41) is 8.31. The average molecular weight is 301 g/mol. The van der Waals surface area contributed by atoms with E-state index in [9.17, 15) is 9.59 Å². The molecule has 22 heavy (non-hydrogen) atoms. The summed E-state index contributed by atoms with van der Waals surface area (Å²) in [5.41, 5.74) is 0.150. The van der Waals surface area contributed by atoms with Gasteiger partial charge in [-0.25, -0.2) is 4.68 Å². The lowest BCUT2D eigenvalue weighted by Crippen LogP contribution is -2.32. The number of benzene rings is 1. The molecule has 0 aliphatic rings. The molecule has 0 radical (unpaired) electrons. The average Bonchev–Trinajstić information content (AvgIpc) is 2.47. The Bertz CT molecular complexity index is 732. The molecule has 5 heteroatoms. The first-order valence-corrected chi connectivity index (χ1v) is 7.71. The number of carbonyl (C=O) groups is 1. The standard InChI is InChI=1S/C17H23N3O2/c1-11(2)9-10-18-16(21)15-13-7-5-6-8-14(13)17(22)20(19-15)12(3)4/h5-8,11-12H,9-10H2,1-4H3,(H,18,21). The van der Waals surface area contributed by atoms with Gasteiger partial charge in [0.2, 0.25) is 0 Å². The lowest BCUT2D eigenvalue weighted by atomic mass is 10.1. The normalized spacial score (nSPS) is 11.4. The third-order valence-corrected chi connectivity index (χ3v) is 3.54. The molecule has 0 atom stereocenters. The van der Waals surface area contributed by atoms with E-state index < -0.39 is 0 Å². The van der Waals surface area contributed by atoms with Gasteiger partial charge in [-0.1, -0.05) is 32.0 Å². The lowest BCUT2D eigenvalue weighted by molar-refractivity contribution is 0.0946. The van der Waals surface area contributed by atoms with Gasteiger partial charge in [0.05, 0.1) is 11.4 Å². The third-order valence-electron chi connectivity index (χ3n) is 3.54. The van der Waals surface area contributed by atoms with Crippen molar-refractivity contribution in [2.45, 2.75) is 40.2 Å². The molecule has 0 spiro atoms. The Hall–Kier alpha value is -2.17. The van der Waals surface area contributed by atoms with Gasteiger partial charge in [-0.05, 0) is 32.3 Å². The summed E-state index contributed by atoms with van der Waals surface area (Å²) in [4.78, 5) is 24.9. The molecule has 0 saturated carbocycles. The summed E-state index contributed by atoms with van der Waals surface area (Å²) in [6, 6.07) is 7.02. The summed E-state index contributed by atoms with van der Waals surface area (Å²) in [6.45, 7) is 8.58. The van der Waals surface area contributed by atoms with Gasteiger partial charge in [-0.3, -0.25) is 9.59 Å². The van der Waals surface area contributed by atoms with E-state index >= 15 is 0 Å². The molecule has 0 aliphatic carbocycles. The molecule has 2 aromatic rings. The summed E-state index contributed by atoms with van der Waals surface area (Å²) in [5.74, 6) is 0.292. The molecule has 0 aliphatic heterocycles. The Morgan fingerprint density at radius 3 is 2.41 bits per heavy atom. The molecule has 1 aromatic carbocycles. The largest absolute Gasteiger partial charge is 0.351 e. The van der Waals surface area contributed by atoms with Crippen molar-refractivity contribution in [3.8, 4) is 0 Å². The van der Waals surface area contributed by atoms with E-state index in [2.05, 4.69) is 24.3 Å². The molecule has 5 nitrogen and oxygen atoms in total. The van der Waals surface area contributed by atoms with Crippen LogP contribution in [-0.4, -0.2) is 22.2 Å². The number of hydrogen-bond donors (Lipinski definition) is 1. The third kappa shape index (κ3) is 3.35. The minimum atomic E-state index is -0.230. The summed E-state index contributed by atoms with van der Waals surface area (Å²) >= 11 is 0. The summed E-state index contributed by atoms with van der Waals surface area (Å²) < 4.78 is 1.37. The fourth-order valence-corrected chi connectivity index (χ4v) is 2.28. The minimum absolute atomic E-state index is 0.0979. The van der Waals surface area contributed by atoms with Gasteiger partial charge < -0.3 is 5.32 Å². The molecule has 1 N–H and O–H groups in total. The molecular formula is C17H23N3O2. The maximum atomic E-state index is 12.4. The number of amides is 1. The van der Waals surface area contributed by atoms with Crippen LogP contribution in [0.15, 0.2) is 29.1 Å². The fourth-order valence-electron chi connectivity index (χ4n) is 2.28. The Morgan fingerprint density at radius 2 is 1.82 bits per heavy atom. The number of carbonyl (C=O) groups excluding carboxylic acids is 1. The van der Waals surface area contributed by atoms with Gasteiger partial charge in [0, 0.05) is 11.9 Å². The first-order valence-electron chi connectivity index (χ1n) is 7.71. The van der Waals surface area contributed by atoms with E-state index in [1.54, 1.807) is 18.2 Å². The molecular weight excluding hydrogens is 278 g/mol. The maximum Gasteiger partial charge on any atom is 0.274 e. The van der Waals surface area contributed by atoms with Crippen LogP contribution in [0.25, 0.3) is 10.8 Å². The summed E-state index contributed by atoms with van der Waals surface area (Å²) in [7, 11) is 0. The van der Waals surface area contributed by atoms with Crippen molar-refractivity contribution in [3.05, 3.63) is 40.3 Å². The van der Waals surface area contributed by atoms with Crippen LogP contribution in [-0.2, 0) is 0 Å². The number of aromatic nitrogens is 2. The van der Waals surface area contributed by atoms with E-state index in [-0.39, 0.29) is 17.5 Å². The first-order chi connectivity index (χ1) is 10.4. The van der Waals surface area contributed by atoms with Crippen molar-refractivity contribution in [1.29, 1.82) is 0 Å². The molecule has 0 unspecified atom stereocenters. The summed E-state index contributed by atoms with van der Waals surface area (Å²) in [6.07, 6.45) is 0.910. The monoisotopic (exact) mass is 301 g/mol. The van der Waals surface area contributed by atoms with Crippen LogP contribution in [0.4, 0.5) is 0 Å². The Labute approximate surface area is 130 Å². The topological polar surface area (TPSA) is 64.0 Å². The molecule has 0 fully saturated rings. The van der Waals surface area contributed by atoms with Gasteiger partial charge in [0.15, 0.2) is 5.69 Å². The van der Waals surface area contributed by atoms with Crippen LogP contribution in [0.3, 0.4) is 0 Å². The molecule has 1 heterocycles. The van der Waals surface area contributed by atoms with Gasteiger partial charge in [0.1, 0.15) is 0 Å². The van der Waals surface area contributed by atoms with Crippen LogP contribution in [0.5, 0.6) is 0 Å². The van der Waals surface area contributed by atoms with Crippen LogP contribution in [0.2, 0.25) is 0 Å². The maximum absolute atomic E-state index is 12.4. The SMILES string of the molecule is CC(C)CCNC(=O)c1nn(C(C)C)c(=O)c2ccccc12. The van der Waals surface area contributed by atoms with E-state index in [1.165, 1.54) is 4.68 Å².